The van der Waals surface area contributed by atoms with Gasteiger partial charge in [0.1, 0.15) is 0 Å². The molecule has 0 saturated carbocycles. The van der Waals surface area contributed by atoms with Gasteiger partial charge in [-0.3, -0.25) is 4.98 Å². The van der Waals surface area contributed by atoms with E-state index in [2.05, 4.69) is 71.2 Å². The minimum Gasteiger partial charge on any atom is -0.317 e. The van der Waals surface area contributed by atoms with Crippen molar-refractivity contribution in [2.24, 2.45) is 0 Å². The molecule has 2 aromatic heterocycles. The molecule has 0 N–H and O–H groups in total. The average Bonchev–Trinajstić information content (AvgIpc) is 2.97. The maximum Gasteiger partial charge on any atom is 0.0534 e. The molecule has 4 rings (SSSR count). The summed E-state index contributed by atoms with van der Waals surface area (Å²) in [5.41, 5.74) is 3.54. The summed E-state index contributed by atoms with van der Waals surface area (Å²) in [6, 6.07) is 20.6. The van der Waals surface area contributed by atoms with Crippen LogP contribution in [0.3, 0.4) is 0 Å². The molecule has 2 aromatic carbocycles. The Morgan fingerprint density at radius 2 is 1.26 bits per heavy atom. The van der Waals surface area contributed by atoms with E-state index in [0.717, 1.165) is 5.56 Å². The Balaban J connectivity index is 0.000000166. The Hall–Kier alpha value is -3.13. The SMILES string of the molecule is C=Cc1ccncc1.C=Cn1c2ccccc2c2ccccc21. The van der Waals surface area contributed by atoms with Crippen LogP contribution in [0.2, 0.25) is 0 Å². The van der Waals surface area contributed by atoms with Crippen molar-refractivity contribution < 1.29 is 0 Å². The van der Waals surface area contributed by atoms with Crippen molar-refractivity contribution in [3.05, 3.63) is 91.8 Å². The predicted molar refractivity (Wildman–Crippen MR) is 100 cm³/mol. The number of pyridine rings is 1. The van der Waals surface area contributed by atoms with E-state index in [1.54, 1.807) is 18.5 Å². The number of rotatable bonds is 2. The van der Waals surface area contributed by atoms with Gasteiger partial charge in [-0.15, -0.1) is 0 Å². The molecule has 0 amide bonds. The van der Waals surface area contributed by atoms with Gasteiger partial charge in [0, 0.05) is 29.4 Å². The van der Waals surface area contributed by atoms with Crippen LogP contribution >= 0.6 is 0 Å². The Labute approximate surface area is 136 Å². The number of hydrogen-bond acceptors (Lipinski definition) is 1. The molecule has 0 fully saturated rings. The molecule has 0 radical (unpaired) electrons. The zero-order valence-corrected chi connectivity index (χ0v) is 12.9. The molecule has 0 aliphatic heterocycles. The minimum absolute atomic E-state index is 1.11. The molecule has 2 nitrogen and oxygen atoms in total. The molecule has 112 valence electrons. The standard InChI is InChI=1S/C14H11N.C7H7N/c1-2-15-13-9-5-3-7-11(13)12-8-4-6-10-14(12)15;1-2-7-3-5-8-6-4-7/h2-10H,1H2;2-6H,1H2. The fourth-order valence-electron chi connectivity index (χ4n) is 2.65. The van der Waals surface area contributed by atoms with Crippen LogP contribution in [-0.2, 0) is 0 Å². The first-order chi connectivity index (χ1) is 11.3. The zero-order chi connectivity index (χ0) is 16.1. The van der Waals surface area contributed by atoms with Crippen molar-refractivity contribution in [1.29, 1.82) is 0 Å². The predicted octanol–water partition coefficient (Wildman–Crippen LogP) is 5.62. The molecule has 2 heteroatoms. The maximum absolute atomic E-state index is 3.87. The lowest BCUT2D eigenvalue weighted by Crippen LogP contribution is -1.82. The molecule has 0 atom stereocenters. The van der Waals surface area contributed by atoms with Gasteiger partial charge in [-0.1, -0.05) is 55.6 Å². The monoisotopic (exact) mass is 298 g/mol. The molecule has 0 bridgehead atoms. The smallest absolute Gasteiger partial charge is 0.0534 e. The number of aromatic nitrogens is 2. The van der Waals surface area contributed by atoms with Crippen LogP contribution in [0.15, 0.2) is 86.2 Å². The van der Waals surface area contributed by atoms with Crippen LogP contribution < -0.4 is 0 Å². The van der Waals surface area contributed by atoms with E-state index >= 15 is 0 Å². The highest BCUT2D eigenvalue weighted by Crippen LogP contribution is 2.28. The van der Waals surface area contributed by atoms with Crippen LogP contribution in [0.25, 0.3) is 34.1 Å². The summed E-state index contributed by atoms with van der Waals surface area (Å²) in [6.45, 7) is 7.47. The fourth-order valence-corrected chi connectivity index (χ4v) is 2.65. The number of hydrogen-bond donors (Lipinski definition) is 0. The van der Waals surface area contributed by atoms with E-state index in [4.69, 9.17) is 0 Å². The van der Waals surface area contributed by atoms with E-state index in [-0.39, 0.29) is 0 Å². The first kappa shape index (κ1) is 14.8. The summed E-state index contributed by atoms with van der Waals surface area (Å²) in [4.78, 5) is 3.85. The van der Waals surface area contributed by atoms with Crippen molar-refractivity contribution in [3.63, 3.8) is 0 Å². The van der Waals surface area contributed by atoms with Crippen LogP contribution in [0.1, 0.15) is 5.56 Å². The van der Waals surface area contributed by atoms with Crippen molar-refractivity contribution in [2.75, 3.05) is 0 Å². The van der Waals surface area contributed by atoms with Gasteiger partial charge in [-0.25, -0.2) is 0 Å². The summed E-state index contributed by atoms with van der Waals surface area (Å²) in [6.07, 6.45) is 7.15. The van der Waals surface area contributed by atoms with Gasteiger partial charge in [0.15, 0.2) is 0 Å². The molecular formula is C21H18N2. The van der Waals surface area contributed by atoms with Gasteiger partial charge < -0.3 is 4.57 Å². The number of nitrogens with zero attached hydrogens (tertiary/aromatic N) is 2. The second kappa shape index (κ2) is 6.75. The van der Waals surface area contributed by atoms with Crippen LogP contribution in [-0.4, -0.2) is 9.55 Å². The Morgan fingerprint density at radius 1 is 0.739 bits per heavy atom. The van der Waals surface area contributed by atoms with E-state index in [1.165, 1.54) is 21.8 Å². The first-order valence-corrected chi connectivity index (χ1v) is 7.48. The highest BCUT2D eigenvalue weighted by Gasteiger charge is 2.06. The largest absolute Gasteiger partial charge is 0.317 e. The molecule has 0 aliphatic rings. The fraction of sp³-hybridized carbons (Fsp3) is 0. The third-order valence-electron chi connectivity index (χ3n) is 3.74. The molecule has 0 unspecified atom stereocenters. The van der Waals surface area contributed by atoms with Gasteiger partial charge in [-0.2, -0.15) is 0 Å². The van der Waals surface area contributed by atoms with Crippen molar-refractivity contribution >= 4 is 34.1 Å². The van der Waals surface area contributed by atoms with E-state index in [0.29, 0.717) is 0 Å². The summed E-state index contributed by atoms with van der Waals surface area (Å²) >= 11 is 0. The Bertz CT molecular complexity index is 896. The van der Waals surface area contributed by atoms with Gasteiger partial charge in [-0.05, 0) is 29.8 Å². The summed E-state index contributed by atoms with van der Waals surface area (Å²) in [5.74, 6) is 0. The zero-order valence-electron chi connectivity index (χ0n) is 12.9. The maximum atomic E-state index is 3.87. The molecule has 2 heterocycles. The van der Waals surface area contributed by atoms with Crippen molar-refractivity contribution in [3.8, 4) is 0 Å². The number of fused-ring (bicyclic) bond motifs is 3. The summed E-state index contributed by atoms with van der Waals surface area (Å²) in [5, 5.41) is 2.57. The second-order valence-electron chi connectivity index (χ2n) is 5.07. The molecular weight excluding hydrogens is 280 g/mol. The van der Waals surface area contributed by atoms with Crippen LogP contribution in [0.4, 0.5) is 0 Å². The Kier molecular flexibility index (Phi) is 4.34. The highest BCUT2D eigenvalue weighted by molar-refractivity contribution is 6.09. The second-order valence-corrected chi connectivity index (χ2v) is 5.07. The normalized spacial score (nSPS) is 10.1. The van der Waals surface area contributed by atoms with Crippen LogP contribution in [0.5, 0.6) is 0 Å². The highest BCUT2D eigenvalue weighted by atomic mass is 14.9. The van der Waals surface area contributed by atoms with Gasteiger partial charge in [0.05, 0.1) is 11.0 Å². The topological polar surface area (TPSA) is 17.8 Å². The quantitative estimate of drug-likeness (QED) is 0.469. The molecule has 4 aromatic rings. The van der Waals surface area contributed by atoms with Crippen molar-refractivity contribution in [2.45, 2.75) is 0 Å². The lowest BCUT2D eigenvalue weighted by molar-refractivity contribution is 1.30. The third-order valence-corrected chi connectivity index (χ3v) is 3.74. The molecule has 0 spiro atoms. The lowest BCUT2D eigenvalue weighted by atomic mass is 10.2. The van der Waals surface area contributed by atoms with Crippen molar-refractivity contribution in [1.82, 2.24) is 9.55 Å². The average molecular weight is 298 g/mol. The van der Waals surface area contributed by atoms with Gasteiger partial charge >= 0.3 is 0 Å². The first-order valence-electron chi connectivity index (χ1n) is 7.48. The minimum atomic E-state index is 1.11. The summed E-state index contributed by atoms with van der Waals surface area (Å²) in [7, 11) is 0. The van der Waals surface area contributed by atoms with E-state index in [9.17, 15) is 0 Å². The van der Waals surface area contributed by atoms with Crippen LogP contribution in [0, 0.1) is 0 Å². The Morgan fingerprint density at radius 3 is 1.70 bits per heavy atom. The third kappa shape index (κ3) is 2.92. The van der Waals surface area contributed by atoms with Gasteiger partial charge in [0.2, 0.25) is 0 Å². The van der Waals surface area contributed by atoms with E-state index < -0.39 is 0 Å². The molecule has 0 saturated heterocycles. The number of benzene rings is 2. The molecule has 23 heavy (non-hydrogen) atoms. The number of para-hydroxylation sites is 2. The lowest BCUT2D eigenvalue weighted by Gasteiger charge is -1.97. The van der Waals surface area contributed by atoms with E-state index in [1.807, 2.05) is 18.3 Å². The van der Waals surface area contributed by atoms with Gasteiger partial charge in [0.25, 0.3) is 0 Å². The molecule has 0 aliphatic carbocycles. The summed E-state index contributed by atoms with van der Waals surface area (Å²) < 4.78 is 2.13.